The predicted octanol–water partition coefficient (Wildman–Crippen LogP) is 3.30. The molecule has 2 amide bonds. The van der Waals surface area contributed by atoms with Crippen LogP contribution in [0.1, 0.15) is 22.8 Å². The molecule has 0 fully saturated rings. The van der Waals surface area contributed by atoms with Crippen LogP contribution in [0.3, 0.4) is 0 Å². The lowest BCUT2D eigenvalue weighted by molar-refractivity contribution is -0.122. The van der Waals surface area contributed by atoms with E-state index in [4.69, 9.17) is 11.6 Å². The molecule has 2 aromatic carbocycles. The molecule has 0 saturated carbocycles. The van der Waals surface area contributed by atoms with Crippen molar-refractivity contribution in [3.63, 3.8) is 0 Å². The molecule has 6 heteroatoms. The molecule has 1 atom stereocenters. The number of rotatable bonds is 6. The van der Waals surface area contributed by atoms with Gasteiger partial charge >= 0.3 is 0 Å². The van der Waals surface area contributed by atoms with Gasteiger partial charge in [0.15, 0.2) is 0 Å². The number of aromatic amines is 1. The molecule has 0 aliphatic heterocycles. The summed E-state index contributed by atoms with van der Waals surface area (Å²) in [5.74, 6) is -0.593. The maximum atomic E-state index is 12.6. The molecule has 0 saturated heterocycles. The predicted molar refractivity (Wildman–Crippen MR) is 103 cm³/mol. The van der Waals surface area contributed by atoms with Crippen molar-refractivity contribution in [2.75, 3.05) is 6.54 Å². The summed E-state index contributed by atoms with van der Waals surface area (Å²) in [6, 6.07) is 13.9. The van der Waals surface area contributed by atoms with Crippen LogP contribution in [0.4, 0.5) is 0 Å². The van der Waals surface area contributed by atoms with E-state index in [2.05, 4.69) is 15.6 Å². The standard InChI is InChI=1S/C20H20ClN3O2/c1-2-22-20(26)18(24-19(25)15-8-3-5-9-16(15)21)11-13-12-23-17-10-6-4-7-14(13)17/h3-10,12,18,23H,2,11H2,1H3,(H,22,26)(H,24,25)/t18-/m0/s1. The summed E-state index contributed by atoms with van der Waals surface area (Å²) in [5.41, 5.74) is 2.31. The van der Waals surface area contributed by atoms with Gasteiger partial charge in [0.25, 0.3) is 5.91 Å². The molecule has 0 radical (unpaired) electrons. The van der Waals surface area contributed by atoms with E-state index in [1.54, 1.807) is 24.3 Å². The second kappa shape index (κ2) is 8.06. The average Bonchev–Trinajstić information content (AvgIpc) is 3.05. The van der Waals surface area contributed by atoms with Gasteiger partial charge in [-0.3, -0.25) is 9.59 Å². The highest BCUT2D eigenvalue weighted by molar-refractivity contribution is 6.33. The molecule has 0 spiro atoms. The van der Waals surface area contributed by atoms with E-state index in [-0.39, 0.29) is 11.8 Å². The van der Waals surface area contributed by atoms with Gasteiger partial charge in [0.05, 0.1) is 10.6 Å². The Morgan fingerprint density at radius 3 is 2.62 bits per heavy atom. The quantitative estimate of drug-likeness (QED) is 0.623. The average molecular weight is 370 g/mol. The third-order valence-electron chi connectivity index (χ3n) is 4.19. The number of aromatic nitrogens is 1. The number of hydrogen-bond acceptors (Lipinski definition) is 2. The molecule has 1 aromatic heterocycles. The first-order valence-corrected chi connectivity index (χ1v) is 8.86. The largest absolute Gasteiger partial charge is 0.361 e. The molecule has 0 aliphatic rings. The molecule has 5 nitrogen and oxygen atoms in total. The molecular formula is C20H20ClN3O2. The van der Waals surface area contributed by atoms with E-state index in [1.807, 2.05) is 37.4 Å². The fourth-order valence-electron chi connectivity index (χ4n) is 2.91. The van der Waals surface area contributed by atoms with Crippen molar-refractivity contribution in [1.82, 2.24) is 15.6 Å². The Balaban J connectivity index is 1.84. The lowest BCUT2D eigenvalue weighted by Crippen LogP contribution is -2.48. The van der Waals surface area contributed by atoms with Crippen LogP contribution in [0.25, 0.3) is 10.9 Å². The van der Waals surface area contributed by atoms with Gasteiger partial charge in [-0.25, -0.2) is 0 Å². The molecular weight excluding hydrogens is 350 g/mol. The molecule has 1 heterocycles. The van der Waals surface area contributed by atoms with Crippen LogP contribution in [0.5, 0.6) is 0 Å². The minimum atomic E-state index is -0.696. The van der Waals surface area contributed by atoms with Crippen LogP contribution >= 0.6 is 11.6 Å². The monoisotopic (exact) mass is 369 g/mol. The number of halogens is 1. The second-order valence-electron chi connectivity index (χ2n) is 5.96. The molecule has 0 aliphatic carbocycles. The highest BCUT2D eigenvalue weighted by Gasteiger charge is 2.23. The Morgan fingerprint density at radius 2 is 1.85 bits per heavy atom. The lowest BCUT2D eigenvalue weighted by atomic mass is 10.0. The van der Waals surface area contributed by atoms with Crippen LogP contribution in [0, 0.1) is 0 Å². The number of nitrogens with one attached hydrogen (secondary N) is 3. The van der Waals surface area contributed by atoms with Crippen LogP contribution < -0.4 is 10.6 Å². The number of para-hydroxylation sites is 1. The molecule has 26 heavy (non-hydrogen) atoms. The summed E-state index contributed by atoms with van der Waals surface area (Å²) in [5, 5.41) is 6.98. The van der Waals surface area contributed by atoms with Gasteiger partial charge < -0.3 is 15.6 Å². The first kappa shape index (κ1) is 18.0. The number of hydrogen-bond donors (Lipinski definition) is 3. The highest BCUT2D eigenvalue weighted by atomic mass is 35.5. The van der Waals surface area contributed by atoms with Crippen LogP contribution in [-0.4, -0.2) is 29.4 Å². The molecule has 0 bridgehead atoms. The van der Waals surface area contributed by atoms with Crippen molar-refractivity contribution in [2.45, 2.75) is 19.4 Å². The number of carbonyl (C=O) groups is 2. The number of carbonyl (C=O) groups excluding carboxylic acids is 2. The van der Waals surface area contributed by atoms with E-state index in [0.717, 1.165) is 16.5 Å². The smallest absolute Gasteiger partial charge is 0.253 e. The van der Waals surface area contributed by atoms with E-state index in [0.29, 0.717) is 23.6 Å². The van der Waals surface area contributed by atoms with E-state index >= 15 is 0 Å². The fraction of sp³-hybridized carbons (Fsp3) is 0.200. The third-order valence-corrected chi connectivity index (χ3v) is 4.52. The molecule has 3 N–H and O–H groups in total. The summed E-state index contributed by atoms with van der Waals surface area (Å²) >= 11 is 6.10. The summed E-state index contributed by atoms with van der Waals surface area (Å²) < 4.78 is 0. The lowest BCUT2D eigenvalue weighted by Gasteiger charge is -2.18. The molecule has 134 valence electrons. The number of H-pyrrole nitrogens is 1. The van der Waals surface area contributed by atoms with Crippen molar-refractivity contribution in [1.29, 1.82) is 0 Å². The Hall–Kier alpha value is -2.79. The Bertz CT molecular complexity index is 935. The first-order chi connectivity index (χ1) is 12.6. The van der Waals surface area contributed by atoms with Crippen LogP contribution in [0.2, 0.25) is 5.02 Å². The topological polar surface area (TPSA) is 74.0 Å². The highest BCUT2D eigenvalue weighted by Crippen LogP contribution is 2.20. The zero-order chi connectivity index (χ0) is 18.5. The summed E-state index contributed by atoms with van der Waals surface area (Å²) in [6.07, 6.45) is 2.25. The summed E-state index contributed by atoms with van der Waals surface area (Å²) in [6.45, 7) is 2.34. The Kier molecular flexibility index (Phi) is 5.58. The second-order valence-corrected chi connectivity index (χ2v) is 6.37. The Morgan fingerprint density at radius 1 is 1.12 bits per heavy atom. The van der Waals surface area contributed by atoms with E-state index in [9.17, 15) is 9.59 Å². The minimum Gasteiger partial charge on any atom is -0.361 e. The van der Waals surface area contributed by atoms with Gasteiger partial charge in [0.2, 0.25) is 5.91 Å². The Labute approximate surface area is 156 Å². The van der Waals surface area contributed by atoms with Gasteiger partial charge in [0.1, 0.15) is 6.04 Å². The van der Waals surface area contributed by atoms with Gasteiger partial charge in [-0.15, -0.1) is 0 Å². The van der Waals surface area contributed by atoms with Crippen molar-refractivity contribution in [3.8, 4) is 0 Å². The molecule has 0 unspecified atom stereocenters. The molecule has 3 rings (SSSR count). The van der Waals surface area contributed by atoms with Gasteiger partial charge in [-0.2, -0.15) is 0 Å². The van der Waals surface area contributed by atoms with Crippen molar-refractivity contribution in [2.24, 2.45) is 0 Å². The minimum absolute atomic E-state index is 0.224. The fourth-order valence-corrected chi connectivity index (χ4v) is 3.13. The number of benzene rings is 2. The maximum Gasteiger partial charge on any atom is 0.253 e. The SMILES string of the molecule is CCNC(=O)[C@H](Cc1c[nH]c2ccccc12)NC(=O)c1ccccc1Cl. The number of fused-ring (bicyclic) bond motifs is 1. The van der Waals surface area contributed by atoms with Gasteiger partial charge in [0, 0.05) is 30.1 Å². The van der Waals surface area contributed by atoms with Gasteiger partial charge in [-0.1, -0.05) is 41.9 Å². The van der Waals surface area contributed by atoms with Crippen molar-refractivity contribution in [3.05, 3.63) is 70.9 Å². The van der Waals surface area contributed by atoms with Crippen LogP contribution in [-0.2, 0) is 11.2 Å². The van der Waals surface area contributed by atoms with Crippen molar-refractivity contribution >= 4 is 34.3 Å². The zero-order valence-electron chi connectivity index (χ0n) is 14.4. The van der Waals surface area contributed by atoms with Crippen molar-refractivity contribution < 1.29 is 9.59 Å². The third kappa shape index (κ3) is 3.89. The normalized spacial score (nSPS) is 11.9. The number of amides is 2. The maximum absolute atomic E-state index is 12.6. The molecule has 3 aromatic rings. The van der Waals surface area contributed by atoms with Crippen LogP contribution in [0.15, 0.2) is 54.7 Å². The first-order valence-electron chi connectivity index (χ1n) is 8.48. The van der Waals surface area contributed by atoms with E-state index in [1.165, 1.54) is 0 Å². The zero-order valence-corrected chi connectivity index (χ0v) is 15.1. The summed E-state index contributed by atoms with van der Waals surface area (Å²) in [4.78, 5) is 28.3. The van der Waals surface area contributed by atoms with E-state index < -0.39 is 6.04 Å². The van der Waals surface area contributed by atoms with Gasteiger partial charge in [-0.05, 0) is 30.7 Å². The summed E-state index contributed by atoms with van der Waals surface area (Å²) in [7, 11) is 0. The number of likely N-dealkylation sites (N-methyl/N-ethyl adjacent to an activating group) is 1.